The van der Waals surface area contributed by atoms with Crippen LogP contribution in [-0.4, -0.2) is 29.0 Å². The second kappa shape index (κ2) is 9.25. The number of anilines is 1. The number of amides is 1. The van der Waals surface area contributed by atoms with Gasteiger partial charge in [0, 0.05) is 35.6 Å². The Morgan fingerprint density at radius 1 is 1.30 bits per heavy atom. The molecule has 0 saturated carbocycles. The quantitative estimate of drug-likeness (QED) is 0.461. The van der Waals surface area contributed by atoms with Crippen LogP contribution in [0.4, 0.5) is 18.9 Å². The van der Waals surface area contributed by atoms with Crippen LogP contribution in [0.1, 0.15) is 23.2 Å². The van der Waals surface area contributed by atoms with Crippen molar-refractivity contribution in [3.05, 3.63) is 71.3 Å². The van der Waals surface area contributed by atoms with Gasteiger partial charge in [0.15, 0.2) is 0 Å². The number of halogens is 3. The number of para-hydroxylation sites is 1. The third-order valence-electron chi connectivity index (χ3n) is 4.30. The first kappa shape index (κ1) is 21.1. The molecular formula is C21H19F3N4O2. The van der Waals surface area contributed by atoms with E-state index in [1.54, 1.807) is 30.3 Å². The number of carbonyl (C=O) groups excluding carboxylic acids is 1. The number of alkyl halides is 2. The Morgan fingerprint density at radius 3 is 2.77 bits per heavy atom. The molecule has 1 amide bonds. The number of hydrogen-bond donors (Lipinski definition) is 1. The highest BCUT2D eigenvalue weighted by atomic mass is 19.3. The molecule has 0 aliphatic rings. The maximum Gasteiger partial charge on any atom is 0.282 e. The third kappa shape index (κ3) is 4.86. The molecule has 2 aromatic carbocycles. The zero-order valence-electron chi connectivity index (χ0n) is 16.3. The highest BCUT2D eigenvalue weighted by Gasteiger charge is 2.20. The van der Waals surface area contributed by atoms with Crippen molar-refractivity contribution in [3.8, 4) is 11.1 Å². The van der Waals surface area contributed by atoms with Gasteiger partial charge in [-0.05, 0) is 23.8 Å². The van der Waals surface area contributed by atoms with E-state index in [2.05, 4.69) is 20.4 Å². The summed E-state index contributed by atoms with van der Waals surface area (Å²) < 4.78 is 41.8. The first-order chi connectivity index (χ1) is 14.4. The van der Waals surface area contributed by atoms with E-state index in [0.29, 0.717) is 16.8 Å². The van der Waals surface area contributed by atoms with Crippen molar-refractivity contribution in [3.63, 3.8) is 0 Å². The number of aromatic nitrogens is 2. The van der Waals surface area contributed by atoms with E-state index in [4.69, 9.17) is 0 Å². The molecule has 6 nitrogen and oxygen atoms in total. The number of hydrogen-bond acceptors (Lipinski definition) is 4. The molecule has 0 bridgehead atoms. The van der Waals surface area contributed by atoms with E-state index < -0.39 is 23.8 Å². The Kier molecular flexibility index (Phi) is 6.51. The number of nitrogens with one attached hydrogen (secondary N) is 1. The van der Waals surface area contributed by atoms with E-state index in [9.17, 15) is 18.0 Å². The minimum absolute atomic E-state index is 0.148. The van der Waals surface area contributed by atoms with Crippen LogP contribution >= 0.6 is 0 Å². The molecule has 0 aliphatic heterocycles. The van der Waals surface area contributed by atoms with Gasteiger partial charge in [0.05, 0.1) is 12.6 Å². The molecule has 0 atom stereocenters. The predicted molar refractivity (Wildman–Crippen MR) is 107 cm³/mol. The van der Waals surface area contributed by atoms with E-state index in [1.807, 2.05) is 0 Å². The maximum atomic E-state index is 14.3. The van der Waals surface area contributed by atoms with Gasteiger partial charge >= 0.3 is 0 Å². The van der Waals surface area contributed by atoms with Crippen LogP contribution in [0.5, 0.6) is 0 Å². The number of oxime groups is 1. The molecule has 156 valence electrons. The van der Waals surface area contributed by atoms with Crippen molar-refractivity contribution in [2.24, 2.45) is 12.2 Å². The smallest absolute Gasteiger partial charge is 0.282 e. The van der Waals surface area contributed by atoms with Gasteiger partial charge in [0.1, 0.15) is 18.6 Å². The summed E-state index contributed by atoms with van der Waals surface area (Å²) in [4.78, 5) is 17.0. The third-order valence-corrected chi connectivity index (χ3v) is 4.30. The average Bonchev–Trinajstić information content (AvgIpc) is 3.07. The summed E-state index contributed by atoms with van der Waals surface area (Å²) in [6, 6.07) is 11.4. The molecule has 3 aromatic rings. The van der Waals surface area contributed by atoms with Gasteiger partial charge in [-0.3, -0.25) is 9.48 Å². The number of carbonyl (C=O) groups is 1. The first-order valence-electron chi connectivity index (χ1n) is 8.95. The van der Waals surface area contributed by atoms with Crippen molar-refractivity contribution in [1.29, 1.82) is 0 Å². The lowest BCUT2D eigenvalue weighted by Crippen LogP contribution is -2.15. The normalized spacial score (nSPS) is 11.3. The largest absolute Gasteiger partial charge is 0.399 e. The minimum atomic E-state index is -2.77. The summed E-state index contributed by atoms with van der Waals surface area (Å²) in [5.41, 5.74) is 1.53. The predicted octanol–water partition coefficient (Wildman–Crippen LogP) is 4.33. The molecule has 30 heavy (non-hydrogen) atoms. The van der Waals surface area contributed by atoms with E-state index in [-0.39, 0.29) is 17.5 Å². The number of rotatable bonds is 7. The SMILES string of the molecule is CO/N=C/c1ccc(-c2ccccc2NC(=O)Cc2cn(C)nc2C(F)F)cc1F. The minimum Gasteiger partial charge on any atom is -0.399 e. The van der Waals surface area contributed by atoms with Crippen LogP contribution < -0.4 is 5.32 Å². The first-order valence-corrected chi connectivity index (χ1v) is 8.95. The van der Waals surface area contributed by atoms with Crippen molar-refractivity contribution in [2.75, 3.05) is 12.4 Å². The maximum absolute atomic E-state index is 14.3. The molecule has 1 heterocycles. The average molecular weight is 416 g/mol. The Labute approximate surface area is 171 Å². The molecule has 0 spiro atoms. The molecule has 0 aliphatic carbocycles. The summed E-state index contributed by atoms with van der Waals surface area (Å²) >= 11 is 0. The Balaban J connectivity index is 1.83. The molecule has 9 heteroatoms. The van der Waals surface area contributed by atoms with Crippen LogP contribution in [-0.2, 0) is 23.1 Å². The summed E-state index contributed by atoms with van der Waals surface area (Å²) in [5.74, 6) is -0.993. The molecule has 3 rings (SSSR count). The van der Waals surface area contributed by atoms with Gasteiger partial charge < -0.3 is 10.2 Å². The fourth-order valence-electron chi connectivity index (χ4n) is 2.99. The van der Waals surface area contributed by atoms with E-state index >= 15 is 0 Å². The van der Waals surface area contributed by atoms with Crippen LogP contribution in [0, 0.1) is 5.82 Å². The van der Waals surface area contributed by atoms with Gasteiger partial charge in [0.25, 0.3) is 6.43 Å². The second-order valence-corrected chi connectivity index (χ2v) is 6.44. The lowest BCUT2D eigenvalue weighted by atomic mass is 10.0. The standard InChI is InChI=1S/C21H19F3N4O2/c1-28-12-15(20(27-28)21(23)24)10-19(29)26-18-6-4-3-5-16(18)13-7-8-14(11-25-30-2)17(22)9-13/h3-9,11-12,21H,10H2,1-2H3,(H,26,29)/b25-11+. The van der Waals surface area contributed by atoms with Crippen molar-refractivity contribution in [2.45, 2.75) is 12.8 Å². The van der Waals surface area contributed by atoms with Gasteiger partial charge in [-0.15, -0.1) is 0 Å². The summed E-state index contributed by atoms with van der Waals surface area (Å²) in [7, 11) is 2.87. The Hall–Kier alpha value is -3.62. The van der Waals surface area contributed by atoms with E-state index in [0.717, 1.165) is 0 Å². The molecule has 1 N–H and O–H groups in total. The molecule has 0 radical (unpaired) electrons. The lowest BCUT2D eigenvalue weighted by Gasteiger charge is -2.12. The van der Waals surface area contributed by atoms with Gasteiger partial charge in [-0.2, -0.15) is 5.10 Å². The summed E-state index contributed by atoms with van der Waals surface area (Å²) in [5, 5.41) is 9.95. The highest BCUT2D eigenvalue weighted by Crippen LogP contribution is 2.29. The fourth-order valence-corrected chi connectivity index (χ4v) is 2.99. The summed E-state index contributed by atoms with van der Waals surface area (Å²) in [6.07, 6.45) is -0.392. The molecule has 0 unspecified atom stereocenters. The molecular weight excluding hydrogens is 397 g/mol. The van der Waals surface area contributed by atoms with Crippen molar-refractivity contribution in [1.82, 2.24) is 9.78 Å². The fraction of sp³-hybridized carbons (Fsp3) is 0.190. The van der Waals surface area contributed by atoms with Gasteiger partial charge in [0.2, 0.25) is 5.91 Å². The summed E-state index contributed by atoms with van der Waals surface area (Å²) in [6.45, 7) is 0. The van der Waals surface area contributed by atoms with Gasteiger partial charge in [-0.1, -0.05) is 29.4 Å². The van der Waals surface area contributed by atoms with Crippen LogP contribution in [0.25, 0.3) is 11.1 Å². The Bertz CT molecular complexity index is 1080. The highest BCUT2D eigenvalue weighted by molar-refractivity contribution is 5.96. The van der Waals surface area contributed by atoms with Crippen LogP contribution in [0.3, 0.4) is 0 Å². The van der Waals surface area contributed by atoms with Crippen molar-refractivity contribution < 1.29 is 22.8 Å². The monoisotopic (exact) mass is 416 g/mol. The molecule has 1 aromatic heterocycles. The number of nitrogens with zero attached hydrogens (tertiary/aromatic N) is 3. The number of aryl methyl sites for hydroxylation is 1. The molecule has 0 saturated heterocycles. The van der Waals surface area contributed by atoms with E-state index in [1.165, 1.54) is 43.4 Å². The van der Waals surface area contributed by atoms with Crippen LogP contribution in [0.15, 0.2) is 53.8 Å². The van der Waals surface area contributed by atoms with Gasteiger partial charge in [-0.25, -0.2) is 13.2 Å². The Morgan fingerprint density at radius 2 is 2.07 bits per heavy atom. The number of benzene rings is 2. The second-order valence-electron chi connectivity index (χ2n) is 6.44. The lowest BCUT2D eigenvalue weighted by molar-refractivity contribution is -0.115. The molecule has 0 fully saturated rings. The topological polar surface area (TPSA) is 68.5 Å². The van der Waals surface area contributed by atoms with Crippen molar-refractivity contribution >= 4 is 17.8 Å². The zero-order valence-corrected chi connectivity index (χ0v) is 16.3. The zero-order chi connectivity index (χ0) is 21.7. The van der Waals surface area contributed by atoms with Crippen LogP contribution in [0.2, 0.25) is 0 Å².